The number of carbonyl (C=O) groups is 1. The van der Waals surface area contributed by atoms with Crippen LogP contribution < -0.4 is 5.32 Å². The summed E-state index contributed by atoms with van der Waals surface area (Å²) in [6.45, 7) is 5.18. The summed E-state index contributed by atoms with van der Waals surface area (Å²) in [5.41, 5.74) is 1.74. The molecule has 1 amide bonds. The Kier molecular flexibility index (Phi) is 5.70. The third kappa shape index (κ3) is 4.00. The number of H-pyrrole nitrogens is 1. The lowest BCUT2D eigenvalue weighted by Gasteiger charge is -2.49. The maximum absolute atomic E-state index is 12.9. The van der Waals surface area contributed by atoms with Crippen LogP contribution in [0.15, 0.2) is 18.2 Å². The van der Waals surface area contributed by atoms with Gasteiger partial charge in [-0.1, -0.05) is 19.3 Å². The van der Waals surface area contributed by atoms with Crippen molar-refractivity contribution in [2.24, 2.45) is 0 Å². The summed E-state index contributed by atoms with van der Waals surface area (Å²) in [7, 11) is 2.19. The lowest BCUT2D eigenvalue weighted by atomic mass is 9.79. The summed E-state index contributed by atoms with van der Waals surface area (Å²) in [6, 6.07) is 5.73. The second-order valence-electron chi connectivity index (χ2n) is 8.03. The maximum atomic E-state index is 12.9. The molecule has 1 saturated carbocycles. The first-order valence-electron chi connectivity index (χ1n) is 9.93. The first-order valence-corrected chi connectivity index (χ1v) is 11.0. The molecular formula is C20H28IN5O. The average molecular weight is 481 g/mol. The number of hydrogen-bond acceptors (Lipinski definition) is 4. The highest BCUT2D eigenvalue weighted by atomic mass is 127. The Balaban J connectivity index is 1.47. The SMILES string of the molecule is CN1CCN(C2(CNC(=O)c3ccc4n[nH]c(I)c4c3)CCCCC2)CC1. The van der Waals surface area contributed by atoms with Crippen molar-refractivity contribution in [3.05, 3.63) is 27.5 Å². The minimum atomic E-state index is 0.0213. The van der Waals surface area contributed by atoms with Gasteiger partial charge in [0.05, 0.1) is 5.52 Å². The minimum Gasteiger partial charge on any atom is -0.350 e. The van der Waals surface area contributed by atoms with Crippen molar-refractivity contribution in [3.8, 4) is 0 Å². The van der Waals surface area contributed by atoms with Gasteiger partial charge < -0.3 is 10.2 Å². The van der Waals surface area contributed by atoms with Crippen molar-refractivity contribution in [2.75, 3.05) is 39.8 Å². The molecule has 4 rings (SSSR count). The maximum Gasteiger partial charge on any atom is 0.251 e. The van der Waals surface area contributed by atoms with E-state index in [1.54, 1.807) is 0 Å². The molecule has 2 N–H and O–H groups in total. The number of piperazine rings is 1. The molecule has 6 nitrogen and oxygen atoms in total. The van der Waals surface area contributed by atoms with Crippen molar-refractivity contribution in [1.82, 2.24) is 25.3 Å². The van der Waals surface area contributed by atoms with Crippen LogP contribution in [-0.4, -0.2) is 71.2 Å². The first-order chi connectivity index (χ1) is 13.1. The van der Waals surface area contributed by atoms with Gasteiger partial charge >= 0.3 is 0 Å². The molecule has 0 radical (unpaired) electrons. The topological polar surface area (TPSA) is 64.3 Å². The van der Waals surface area contributed by atoms with E-state index in [9.17, 15) is 4.79 Å². The standard InChI is InChI=1S/C20H28IN5O/c1-25-9-11-26(12-10-25)20(7-3-2-4-8-20)14-22-19(27)15-5-6-17-16(13-15)18(21)24-23-17/h5-6,13H,2-4,7-12,14H2,1H3,(H,22,27)(H,23,24). The molecule has 1 saturated heterocycles. The van der Waals surface area contributed by atoms with Gasteiger partial charge in [-0.3, -0.25) is 14.8 Å². The first kappa shape index (κ1) is 19.1. The molecule has 2 fully saturated rings. The van der Waals surface area contributed by atoms with Gasteiger partial charge in [0.25, 0.3) is 5.91 Å². The van der Waals surface area contributed by atoms with Gasteiger partial charge in [-0.05, 0) is 60.7 Å². The number of likely N-dealkylation sites (N-methyl/N-ethyl adjacent to an activating group) is 1. The zero-order valence-electron chi connectivity index (χ0n) is 15.9. The summed E-state index contributed by atoms with van der Waals surface area (Å²) >= 11 is 2.22. The average Bonchev–Trinajstić information content (AvgIpc) is 3.08. The fourth-order valence-corrected chi connectivity index (χ4v) is 5.12. The van der Waals surface area contributed by atoms with E-state index < -0.39 is 0 Å². The largest absolute Gasteiger partial charge is 0.350 e. The number of rotatable bonds is 4. The predicted octanol–water partition coefficient (Wildman–Crippen LogP) is 2.85. The van der Waals surface area contributed by atoms with E-state index >= 15 is 0 Å². The molecular weight excluding hydrogens is 453 g/mol. The molecule has 7 heteroatoms. The van der Waals surface area contributed by atoms with Crippen LogP contribution in [0.3, 0.4) is 0 Å². The summed E-state index contributed by atoms with van der Waals surface area (Å²) < 4.78 is 0.971. The number of halogens is 1. The molecule has 2 aliphatic rings. The Morgan fingerprint density at radius 1 is 1.22 bits per heavy atom. The van der Waals surface area contributed by atoms with Crippen LogP contribution in [0.5, 0.6) is 0 Å². The molecule has 0 spiro atoms. The van der Waals surface area contributed by atoms with Gasteiger partial charge in [0.2, 0.25) is 0 Å². The van der Waals surface area contributed by atoms with Gasteiger partial charge in [0.15, 0.2) is 0 Å². The number of nitrogens with one attached hydrogen (secondary N) is 2. The number of aromatic amines is 1. The quantitative estimate of drug-likeness (QED) is 0.660. The number of benzene rings is 1. The van der Waals surface area contributed by atoms with Crippen LogP contribution in [0.1, 0.15) is 42.5 Å². The lowest BCUT2D eigenvalue weighted by molar-refractivity contribution is 0.0138. The molecule has 1 aromatic heterocycles. The molecule has 2 aromatic rings. The Hall–Kier alpha value is -1.19. The minimum absolute atomic E-state index is 0.0213. The van der Waals surface area contributed by atoms with Gasteiger partial charge in [-0.15, -0.1) is 0 Å². The van der Waals surface area contributed by atoms with Crippen molar-refractivity contribution in [3.63, 3.8) is 0 Å². The van der Waals surface area contributed by atoms with Gasteiger partial charge in [0, 0.05) is 49.2 Å². The van der Waals surface area contributed by atoms with Gasteiger partial charge in [-0.2, -0.15) is 5.10 Å². The predicted molar refractivity (Wildman–Crippen MR) is 116 cm³/mol. The molecule has 2 heterocycles. The normalized spacial score (nSPS) is 21.4. The molecule has 1 aliphatic heterocycles. The highest BCUT2D eigenvalue weighted by Crippen LogP contribution is 2.34. The summed E-state index contributed by atoms with van der Waals surface area (Å²) in [4.78, 5) is 17.9. The van der Waals surface area contributed by atoms with Crippen molar-refractivity contribution in [2.45, 2.75) is 37.6 Å². The molecule has 1 aromatic carbocycles. The summed E-state index contributed by atoms with van der Waals surface area (Å²) in [6.07, 6.45) is 6.23. The lowest BCUT2D eigenvalue weighted by Crippen LogP contribution is -2.61. The van der Waals surface area contributed by atoms with Crippen LogP contribution >= 0.6 is 22.6 Å². The fraction of sp³-hybridized carbons (Fsp3) is 0.600. The monoisotopic (exact) mass is 481 g/mol. The van der Waals surface area contributed by atoms with Crippen LogP contribution in [0.2, 0.25) is 0 Å². The molecule has 146 valence electrons. The Bertz CT molecular complexity index is 806. The van der Waals surface area contributed by atoms with E-state index in [2.05, 4.69) is 55.0 Å². The van der Waals surface area contributed by atoms with E-state index in [0.717, 1.165) is 47.3 Å². The molecule has 0 unspecified atom stereocenters. The third-order valence-corrected chi connectivity index (χ3v) is 7.13. The second-order valence-corrected chi connectivity index (χ2v) is 9.11. The number of nitrogens with zero attached hydrogens (tertiary/aromatic N) is 3. The molecule has 0 atom stereocenters. The number of hydrogen-bond donors (Lipinski definition) is 2. The highest BCUT2D eigenvalue weighted by molar-refractivity contribution is 14.1. The van der Waals surface area contributed by atoms with E-state index in [1.165, 1.54) is 32.1 Å². The van der Waals surface area contributed by atoms with E-state index in [1.807, 2.05) is 18.2 Å². The van der Waals surface area contributed by atoms with E-state index in [0.29, 0.717) is 5.56 Å². The molecule has 1 aliphatic carbocycles. The fourth-order valence-electron chi connectivity index (χ4n) is 4.56. The van der Waals surface area contributed by atoms with Crippen molar-refractivity contribution < 1.29 is 4.79 Å². The zero-order valence-corrected chi connectivity index (χ0v) is 18.1. The zero-order chi connectivity index (χ0) is 18.9. The molecule has 0 bridgehead atoms. The Morgan fingerprint density at radius 3 is 2.70 bits per heavy atom. The number of amides is 1. The van der Waals surface area contributed by atoms with E-state index in [4.69, 9.17) is 0 Å². The number of aromatic nitrogens is 2. The summed E-state index contributed by atoms with van der Waals surface area (Å²) in [5.74, 6) is 0.0213. The van der Waals surface area contributed by atoms with Crippen molar-refractivity contribution in [1.29, 1.82) is 0 Å². The van der Waals surface area contributed by atoms with Crippen LogP contribution in [0, 0.1) is 3.70 Å². The Labute approximate surface area is 174 Å². The summed E-state index contributed by atoms with van der Waals surface area (Å²) in [5, 5.41) is 11.5. The van der Waals surface area contributed by atoms with Crippen LogP contribution in [-0.2, 0) is 0 Å². The second kappa shape index (κ2) is 8.05. The molecule has 27 heavy (non-hydrogen) atoms. The smallest absolute Gasteiger partial charge is 0.251 e. The Morgan fingerprint density at radius 2 is 1.96 bits per heavy atom. The van der Waals surface area contributed by atoms with Crippen molar-refractivity contribution >= 4 is 39.4 Å². The van der Waals surface area contributed by atoms with Crippen LogP contribution in [0.25, 0.3) is 10.9 Å². The highest BCUT2D eigenvalue weighted by Gasteiger charge is 2.39. The number of fused-ring (bicyclic) bond motifs is 1. The van der Waals surface area contributed by atoms with Crippen LogP contribution in [0.4, 0.5) is 0 Å². The van der Waals surface area contributed by atoms with Gasteiger partial charge in [-0.25, -0.2) is 0 Å². The number of carbonyl (C=O) groups excluding carboxylic acids is 1. The third-order valence-electron chi connectivity index (χ3n) is 6.31. The van der Waals surface area contributed by atoms with E-state index in [-0.39, 0.29) is 11.4 Å². The van der Waals surface area contributed by atoms with Gasteiger partial charge in [0.1, 0.15) is 3.70 Å².